The Morgan fingerprint density at radius 1 is 1.03 bits per heavy atom. The number of carbonyl (C=O) groups excluding carboxylic acids is 1. The highest BCUT2D eigenvalue weighted by atomic mass is 32.2. The molecule has 2 aliphatic rings. The molecule has 0 aromatic heterocycles. The molecule has 0 unspecified atom stereocenters. The third kappa shape index (κ3) is 5.36. The fourth-order valence-electron chi connectivity index (χ4n) is 3.97. The van der Waals surface area contributed by atoms with E-state index in [-0.39, 0.29) is 18.1 Å². The SMILES string of the molecule is CC(C)c1ccc(S(=O)(=O)N2CCN(CC(=O)N3C[C@H](C)O[C@@H](C)C3)CC2)cc1. The summed E-state index contributed by atoms with van der Waals surface area (Å²) in [6.07, 6.45) is 0.0959. The summed E-state index contributed by atoms with van der Waals surface area (Å²) in [5.74, 6) is 0.456. The monoisotopic (exact) mass is 423 g/mol. The predicted molar refractivity (Wildman–Crippen MR) is 112 cm³/mol. The van der Waals surface area contributed by atoms with Crippen molar-refractivity contribution in [1.82, 2.24) is 14.1 Å². The number of piperazine rings is 1. The number of morpholine rings is 1. The minimum absolute atomic E-state index is 0.0479. The van der Waals surface area contributed by atoms with Gasteiger partial charge in [0.1, 0.15) is 0 Å². The van der Waals surface area contributed by atoms with E-state index in [1.165, 1.54) is 4.31 Å². The zero-order valence-electron chi connectivity index (χ0n) is 17.9. The molecule has 162 valence electrons. The average Bonchev–Trinajstić information content (AvgIpc) is 2.67. The molecule has 1 aromatic carbocycles. The second-order valence-corrected chi connectivity index (χ2v) is 10.4. The van der Waals surface area contributed by atoms with Crippen molar-refractivity contribution in [1.29, 1.82) is 0 Å². The van der Waals surface area contributed by atoms with E-state index in [1.54, 1.807) is 12.1 Å². The molecule has 1 amide bonds. The summed E-state index contributed by atoms with van der Waals surface area (Å²) in [5, 5.41) is 0. The van der Waals surface area contributed by atoms with Crippen molar-refractivity contribution in [3.8, 4) is 0 Å². The molecule has 0 bridgehead atoms. The van der Waals surface area contributed by atoms with Crippen LogP contribution < -0.4 is 0 Å². The topological polar surface area (TPSA) is 70.2 Å². The van der Waals surface area contributed by atoms with E-state index in [1.807, 2.05) is 35.8 Å². The van der Waals surface area contributed by atoms with Crippen LogP contribution in [0.25, 0.3) is 0 Å². The fourth-order valence-corrected chi connectivity index (χ4v) is 5.40. The molecule has 0 aliphatic carbocycles. The maximum atomic E-state index is 12.9. The summed E-state index contributed by atoms with van der Waals surface area (Å²) < 4.78 is 33.1. The van der Waals surface area contributed by atoms with Crippen LogP contribution in [0.1, 0.15) is 39.2 Å². The number of carbonyl (C=O) groups is 1. The van der Waals surface area contributed by atoms with Crippen LogP contribution in [0.4, 0.5) is 0 Å². The number of benzene rings is 1. The highest BCUT2D eigenvalue weighted by Crippen LogP contribution is 2.21. The summed E-state index contributed by atoms with van der Waals surface area (Å²) in [7, 11) is -3.50. The second kappa shape index (κ2) is 9.12. The summed E-state index contributed by atoms with van der Waals surface area (Å²) in [6.45, 7) is 11.6. The summed E-state index contributed by atoms with van der Waals surface area (Å²) in [5.41, 5.74) is 1.12. The van der Waals surface area contributed by atoms with Gasteiger partial charge < -0.3 is 9.64 Å². The van der Waals surface area contributed by atoms with Crippen LogP contribution in [0.5, 0.6) is 0 Å². The number of ether oxygens (including phenoxy) is 1. The van der Waals surface area contributed by atoms with Gasteiger partial charge in [-0.05, 0) is 37.5 Å². The number of nitrogens with zero attached hydrogens (tertiary/aromatic N) is 3. The Kier molecular flexibility index (Phi) is 6.98. The zero-order chi connectivity index (χ0) is 21.2. The first-order valence-corrected chi connectivity index (χ1v) is 11.9. The molecular weight excluding hydrogens is 390 g/mol. The molecule has 2 fully saturated rings. The first-order chi connectivity index (χ1) is 13.7. The third-order valence-electron chi connectivity index (χ3n) is 5.65. The van der Waals surface area contributed by atoms with Gasteiger partial charge in [0.05, 0.1) is 23.6 Å². The van der Waals surface area contributed by atoms with Gasteiger partial charge in [-0.25, -0.2) is 8.42 Å². The lowest BCUT2D eigenvalue weighted by Gasteiger charge is -2.38. The minimum atomic E-state index is -3.50. The highest BCUT2D eigenvalue weighted by Gasteiger charge is 2.31. The average molecular weight is 424 g/mol. The first-order valence-electron chi connectivity index (χ1n) is 10.4. The Labute approximate surface area is 174 Å². The highest BCUT2D eigenvalue weighted by molar-refractivity contribution is 7.89. The molecule has 3 rings (SSSR count). The van der Waals surface area contributed by atoms with Crippen LogP contribution in [-0.4, -0.2) is 86.5 Å². The number of hydrogen-bond acceptors (Lipinski definition) is 5. The lowest BCUT2D eigenvalue weighted by molar-refractivity contribution is -0.144. The van der Waals surface area contributed by atoms with E-state index in [0.29, 0.717) is 56.6 Å². The van der Waals surface area contributed by atoms with E-state index >= 15 is 0 Å². The van der Waals surface area contributed by atoms with Crippen molar-refractivity contribution >= 4 is 15.9 Å². The van der Waals surface area contributed by atoms with Crippen LogP contribution in [-0.2, 0) is 19.6 Å². The fraction of sp³-hybridized carbons (Fsp3) is 0.667. The summed E-state index contributed by atoms with van der Waals surface area (Å²) >= 11 is 0. The van der Waals surface area contributed by atoms with Gasteiger partial charge in [0.15, 0.2) is 0 Å². The van der Waals surface area contributed by atoms with Gasteiger partial charge >= 0.3 is 0 Å². The zero-order valence-corrected chi connectivity index (χ0v) is 18.7. The summed E-state index contributed by atoms with van der Waals surface area (Å²) in [6, 6.07) is 7.16. The van der Waals surface area contributed by atoms with Crippen molar-refractivity contribution < 1.29 is 17.9 Å². The molecule has 29 heavy (non-hydrogen) atoms. The van der Waals surface area contributed by atoms with Crippen molar-refractivity contribution in [3.63, 3.8) is 0 Å². The standard InChI is InChI=1S/C21H33N3O4S/c1-16(2)19-5-7-20(8-6-19)29(26,27)24-11-9-22(10-12-24)15-21(25)23-13-17(3)28-18(4)14-23/h5-8,16-18H,9-15H2,1-4H3/t17-,18-/m0/s1. The van der Waals surface area contributed by atoms with Crippen molar-refractivity contribution in [3.05, 3.63) is 29.8 Å². The van der Waals surface area contributed by atoms with Crippen molar-refractivity contribution in [2.75, 3.05) is 45.8 Å². The predicted octanol–water partition coefficient (Wildman–Crippen LogP) is 1.75. The lowest BCUT2D eigenvalue weighted by Crippen LogP contribution is -2.54. The maximum Gasteiger partial charge on any atom is 0.243 e. The molecule has 2 atom stereocenters. The minimum Gasteiger partial charge on any atom is -0.372 e. The molecule has 2 heterocycles. The van der Waals surface area contributed by atoms with Crippen LogP contribution in [0.3, 0.4) is 0 Å². The van der Waals surface area contributed by atoms with Crippen LogP contribution in [0.15, 0.2) is 29.2 Å². The Bertz CT molecular complexity index is 792. The Hall–Kier alpha value is -1.48. The normalized spacial score (nSPS) is 24.8. The van der Waals surface area contributed by atoms with Gasteiger partial charge in [-0.3, -0.25) is 9.69 Å². The first kappa shape index (κ1) is 22.2. The van der Waals surface area contributed by atoms with Gasteiger partial charge in [-0.15, -0.1) is 0 Å². The molecule has 0 spiro atoms. The molecule has 7 nitrogen and oxygen atoms in total. The maximum absolute atomic E-state index is 12.9. The molecular formula is C21H33N3O4S. The largest absolute Gasteiger partial charge is 0.372 e. The van der Waals surface area contributed by atoms with E-state index in [9.17, 15) is 13.2 Å². The quantitative estimate of drug-likeness (QED) is 0.722. The number of sulfonamides is 1. The third-order valence-corrected chi connectivity index (χ3v) is 7.56. The summed E-state index contributed by atoms with van der Waals surface area (Å²) in [4.78, 5) is 16.9. The Morgan fingerprint density at radius 3 is 2.10 bits per heavy atom. The Morgan fingerprint density at radius 2 is 1.59 bits per heavy atom. The molecule has 1 aromatic rings. The molecule has 2 saturated heterocycles. The van der Waals surface area contributed by atoms with Gasteiger partial charge in [0.25, 0.3) is 0 Å². The Balaban J connectivity index is 1.55. The molecule has 0 radical (unpaired) electrons. The number of hydrogen-bond donors (Lipinski definition) is 0. The number of rotatable bonds is 5. The number of amides is 1. The van der Waals surface area contributed by atoms with Crippen LogP contribution in [0.2, 0.25) is 0 Å². The second-order valence-electron chi connectivity index (χ2n) is 8.46. The van der Waals surface area contributed by atoms with Crippen LogP contribution in [0, 0.1) is 0 Å². The molecule has 8 heteroatoms. The van der Waals surface area contributed by atoms with Crippen molar-refractivity contribution in [2.24, 2.45) is 0 Å². The van der Waals surface area contributed by atoms with Gasteiger partial charge in [0.2, 0.25) is 15.9 Å². The molecule has 0 N–H and O–H groups in total. The molecule has 0 saturated carbocycles. The van der Waals surface area contributed by atoms with E-state index < -0.39 is 10.0 Å². The van der Waals surface area contributed by atoms with E-state index in [2.05, 4.69) is 13.8 Å². The van der Waals surface area contributed by atoms with Crippen molar-refractivity contribution in [2.45, 2.75) is 50.7 Å². The van der Waals surface area contributed by atoms with E-state index in [4.69, 9.17) is 4.74 Å². The van der Waals surface area contributed by atoms with Crippen LogP contribution >= 0.6 is 0 Å². The lowest BCUT2D eigenvalue weighted by atomic mass is 10.0. The molecule has 2 aliphatic heterocycles. The van der Waals surface area contributed by atoms with E-state index in [0.717, 1.165) is 5.56 Å². The van der Waals surface area contributed by atoms with Gasteiger partial charge in [-0.2, -0.15) is 4.31 Å². The van der Waals surface area contributed by atoms with Gasteiger partial charge in [-0.1, -0.05) is 26.0 Å². The smallest absolute Gasteiger partial charge is 0.243 e. The van der Waals surface area contributed by atoms with Gasteiger partial charge in [0, 0.05) is 39.3 Å².